The average molecular weight is 440 g/mol. The second kappa shape index (κ2) is 10.7. The molecular formula is C21H33N3O7. The molecule has 2 N–H and O–H groups in total. The molecule has 174 valence electrons. The van der Waals surface area contributed by atoms with Crippen molar-refractivity contribution in [1.29, 1.82) is 0 Å². The number of aliphatic imine (C=N–C) groups is 1. The van der Waals surface area contributed by atoms with E-state index in [1.807, 2.05) is 0 Å². The van der Waals surface area contributed by atoms with Crippen LogP contribution in [0.5, 0.6) is 17.2 Å². The lowest BCUT2D eigenvalue weighted by molar-refractivity contribution is 0.0545. The summed E-state index contributed by atoms with van der Waals surface area (Å²) in [6.45, 7) is 10.4. The first-order valence-electron chi connectivity index (χ1n) is 9.61. The molecule has 0 aromatic heterocycles. The Labute approximate surface area is 183 Å². The second-order valence-corrected chi connectivity index (χ2v) is 8.45. The normalized spacial score (nSPS) is 11.1. The lowest BCUT2D eigenvalue weighted by Crippen LogP contribution is -2.47. The molecule has 10 nitrogen and oxygen atoms in total. The highest BCUT2D eigenvalue weighted by atomic mass is 16.6. The summed E-state index contributed by atoms with van der Waals surface area (Å²) in [5.41, 5.74) is -0.765. The molecule has 1 rings (SSSR count). The van der Waals surface area contributed by atoms with Gasteiger partial charge in [0.15, 0.2) is 11.5 Å². The van der Waals surface area contributed by atoms with Crippen molar-refractivity contribution in [2.75, 3.05) is 21.3 Å². The van der Waals surface area contributed by atoms with Gasteiger partial charge in [-0.2, -0.15) is 0 Å². The number of hydrogen-bond acceptors (Lipinski definition) is 8. The summed E-state index contributed by atoms with van der Waals surface area (Å²) in [6.07, 6.45) is -1.54. The Morgan fingerprint density at radius 1 is 0.806 bits per heavy atom. The molecule has 31 heavy (non-hydrogen) atoms. The fourth-order valence-corrected chi connectivity index (χ4v) is 2.31. The summed E-state index contributed by atoms with van der Waals surface area (Å²) in [4.78, 5) is 28.6. The van der Waals surface area contributed by atoms with Crippen molar-refractivity contribution in [2.24, 2.45) is 4.99 Å². The van der Waals surface area contributed by atoms with Crippen molar-refractivity contribution >= 4 is 18.1 Å². The lowest BCUT2D eigenvalue weighted by atomic mass is 10.2. The number of ether oxygens (including phenoxy) is 5. The van der Waals surface area contributed by atoms with Gasteiger partial charge in [-0.15, -0.1) is 0 Å². The van der Waals surface area contributed by atoms with Gasteiger partial charge in [-0.1, -0.05) is 0 Å². The first-order valence-corrected chi connectivity index (χ1v) is 9.61. The summed E-state index contributed by atoms with van der Waals surface area (Å²) >= 11 is 0. The van der Waals surface area contributed by atoms with Crippen LogP contribution in [-0.2, 0) is 16.0 Å². The van der Waals surface area contributed by atoms with Crippen LogP contribution in [0.25, 0.3) is 0 Å². The maximum Gasteiger partial charge on any atom is 0.414 e. The standard InChI is InChI=1S/C21H33N3O7/c1-20(2,3)30-18(25)23-17(24-19(26)31-21(4,5)6)22-12-13-10-14(27-7)16(29-9)15(11-13)28-8/h10-11H,12H2,1-9H3,(H2,22,23,24,25,26). The SMILES string of the molecule is COc1cc(CN=C(NC(=O)OC(C)(C)C)NC(=O)OC(C)(C)C)cc(OC)c1OC. The predicted octanol–water partition coefficient (Wildman–Crippen LogP) is 3.62. The molecule has 0 saturated carbocycles. The van der Waals surface area contributed by atoms with E-state index < -0.39 is 23.4 Å². The summed E-state index contributed by atoms with van der Waals surface area (Å²) in [7, 11) is 4.51. The molecule has 0 aliphatic heterocycles. The third-order valence-corrected chi connectivity index (χ3v) is 3.38. The Kier molecular flexibility index (Phi) is 8.96. The van der Waals surface area contributed by atoms with Gasteiger partial charge >= 0.3 is 12.2 Å². The number of rotatable bonds is 5. The second-order valence-electron chi connectivity index (χ2n) is 8.45. The Hall–Kier alpha value is -3.17. The fourth-order valence-electron chi connectivity index (χ4n) is 2.31. The van der Waals surface area contributed by atoms with Crippen molar-refractivity contribution in [3.8, 4) is 17.2 Å². The Morgan fingerprint density at radius 3 is 1.55 bits per heavy atom. The van der Waals surface area contributed by atoms with Gasteiger partial charge in [0.05, 0.1) is 27.9 Å². The molecule has 0 unspecified atom stereocenters. The summed E-state index contributed by atoms with van der Waals surface area (Å²) in [5, 5.41) is 4.86. The van der Waals surface area contributed by atoms with E-state index in [4.69, 9.17) is 23.7 Å². The molecule has 10 heteroatoms. The van der Waals surface area contributed by atoms with E-state index in [1.54, 1.807) is 53.7 Å². The molecule has 0 bridgehead atoms. The van der Waals surface area contributed by atoms with Crippen LogP contribution in [-0.4, -0.2) is 50.7 Å². The van der Waals surface area contributed by atoms with Crippen molar-refractivity contribution < 1.29 is 33.3 Å². The van der Waals surface area contributed by atoms with Crippen LogP contribution >= 0.6 is 0 Å². The molecule has 0 spiro atoms. The van der Waals surface area contributed by atoms with Crippen molar-refractivity contribution in [1.82, 2.24) is 10.6 Å². The molecule has 0 fully saturated rings. The van der Waals surface area contributed by atoms with E-state index in [-0.39, 0.29) is 12.5 Å². The Bertz CT molecular complexity index is 751. The van der Waals surface area contributed by atoms with E-state index >= 15 is 0 Å². The number of nitrogens with one attached hydrogen (secondary N) is 2. The van der Waals surface area contributed by atoms with E-state index in [9.17, 15) is 9.59 Å². The van der Waals surface area contributed by atoms with Gasteiger partial charge < -0.3 is 23.7 Å². The molecule has 0 saturated heterocycles. The highest BCUT2D eigenvalue weighted by Crippen LogP contribution is 2.38. The highest BCUT2D eigenvalue weighted by molar-refractivity contribution is 6.01. The number of nitrogens with zero attached hydrogens (tertiary/aromatic N) is 1. The molecule has 0 radical (unpaired) electrons. The topological polar surface area (TPSA) is 117 Å². The summed E-state index contributed by atoms with van der Waals surface area (Å²) in [5.74, 6) is 1.22. The number of carbonyl (C=O) groups excluding carboxylic acids is 2. The van der Waals surface area contributed by atoms with Crippen molar-refractivity contribution in [3.05, 3.63) is 17.7 Å². The fraction of sp³-hybridized carbons (Fsp3) is 0.571. The Morgan fingerprint density at radius 2 is 1.23 bits per heavy atom. The van der Waals surface area contributed by atoms with Crippen LogP contribution in [0.15, 0.2) is 17.1 Å². The smallest absolute Gasteiger partial charge is 0.414 e. The van der Waals surface area contributed by atoms with Crippen LogP contribution in [0.2, 0.25) is 0 Å². The van der Waals surface area contributed by atoms with E-state index in [0.29, 0.717) is 22.8 Å². The lowest BCUT2D eigenvalue weighted by Gasteiger charge is -2.22. The Balaban J connectivity index is 3.14. The summed E-state index contributed by atoms with van der Waals surface area (Å²) in [6, 6.07) is 3.42. The molecule has 1 aromatic carbocycles. The van der Waals surface area contributed by atoms with Crippen LogP contribution in [0, 0.1) is 0 Å². The highest BCUT2D eigenvalue weighted by Gasteiger charge is 2.21. The minimum absolute atomic E-state index is 0.0810. The van der Waals surface area contributed by atoms with Crippen molar-refractivity contribution in [3.63, 3.8) is 0 Å². The molecule has 0 heterocycles. The van der Waals surface area contributed by atoms with Crippen LogP contribution in [0.1, 0.15) is 47.1 Å². The monoisotopic (exact) mass is 439 g/mol. The van der Waals surface area contributed by atoms with Crippen LogP contribution in [0.3, 0.4) is 0 Å². The molecule has 2 amide bonds. The number of benzene rings is 1. The third kappa shape index (κ3) is 9.45. The number of carbonyl (C=O) groups is 2. The molecular weight excluding hydrogens is 406 g/mol. The van der Waals surface area contributed by atoms with Gasteiger partial charge in [-0.05, 0) is 59.2 Å². The van der Waals surface area contributed by atoms with E-state index in [2.05, 4.69) is 15.6 Å². The van der Waals surface area contributed by atoms with E-state index in [0.717, 1.165) is 0 Å². The number of hydrogen-bond donors (Lipinski definition) is 2. The first-order chi connectivity index (χ1) is 14.3. The number of guanidine groups is 1. The van der Waals surface area contributed by atoms with Gasteiger partial charge in [0.1, 0.15) is 11.2 Å². The molecule has 1 aromatic rings. The number of methoxy groups -OCH3 is 3. The molecule has 0 aliphatic carbocycles. The third-order valence-electron chi connectivity index (χ3n) is 3.38. The maximum atomic E-state index is 12.2. The largest absolute Gasteiger partial charge is 0.493 e. The van der Waals surface area contributed by atoms with Gasteiger partial charge in [-0.25, -0.2) is 14.6 Å². The minimum atomic E-state index is -0.771. The maximum absolute atomic E-state index is 12.2. The van der Waals surface area contributed by atoms with Crippen LogP contribution in [0.4, 0.5) is 9.59 Å². The number of amides is 2. The quantitative estimate of drug-likeness (QED) is 0.532. The van der Waals surface area contributed by atoms with E-state index in [1.165, 1.54) is 21.3 Å². The average Bonchev–Trinajstić information content (AvgIpc) is 2.61. The van der Waals surface area contributed by atoms with Gasteiger partial charge in [0.25, 0.3) is 0 Å². The minimum Gasteiger partial charge on any atom is -0.493 e. The zero-order valence-electron chi connectivity index (χ0n) is 19.7. The van der Waals surface area contributed by atoms with Gasteiger partial charge in [-0.3, -0.25) is 10.6 Å². The van der Waals surface area contributed by atoms with Crippen molar-refractivity contribution in [2.45, 2.75) is 59.3 Å². The predicted molar refractivity (Wildman–Crippen MR) is 116 cm³/mol. The first kappa shape index (κ1) is 25.9. The zero-order valence-corrected chi connectivity index (χ0v) is 19.7. The van der Waals surface area contributed by atoms with Crippen LogP contribution < -0.4 is 24.8 Å². The van der Waals surface area contributed by atoms with Gasteiger partial charge in [0, 0.05) is 0 Å². The molecule has 0 atom stereocenters. The molecule has 0 aliphatic rings. The zero-order chi connectivity index (χ0) is 23.8. The van der Waals surface area contributed by atoms with Gasteiger partial charge in [0.2, 0.25) is 11.7 Å². The number of alkyl carbamates (subject to hydrolysis) is 2. The summed E-state index contributed by atoms with van der Waals surface area (Å²) < 4.78 is 26.4.